The van der Waals surface area contributed by atoms with Crippen LogP contribution < -0.4 is 4.90 Å². The van der Waals surface area contributed by atoms with Crippen molar-refractivity contribution in [2.45, 2.75) is 0 Å². The van der Waals surface area contributed by atoms with Crippen LogP contribution in [-0.2, 0) is 0 Å². The Balaban J connectivity index is 1.34. The second-order valence-corrected chi connectivity index (χ2v) is 13.2. The summed E-state index contributed by atoms with van der Waals surface area (Å²) in [4.78, 5) is 7.82. The van der Waals surface area contributed by atoms with Gasteiger partial charge in [0.1, 0.15) is 11.6 Å². The molecule has 0 unspecified atom stereocenters. The van der Waals surface area contributed by atoms with Gasteiger partial charge in [0, 0.05) is 27.9 Å². The van der Waals surface area contributed by atoms with Gasteiger partial charge < -0.3 is 0 Å². The Kier molecular flexibility index (Phi) is 7.14. The zero-order valence-corrected chi connectivity index (χ0v) is 28.4. The molecule has 9 aromatic rings. The molecule has 0 N–H and O–H groups in total. The standard InChI is InChI=1S/C49H33N3/c1-4-16-34(17-5-1)35-30-32-38(33-31-35)51(37-20-8-3-9-21-37)49-48-43-25-13-12-24-41(43)39-22-10-11-23-40(39)42-26-14-28-45(47(42)48)52(49)46-29-15-27-44(50-46)36-18-6-2-7-19-36/h1-33H. The number of aromatic nitrogens is 2. The van der Waals surface area contributed by atoms with Crippen molar-refractivity contribution in [1.29, 1.82) is 0 Å². The fourth-order valence-corrected chi connectivity index (χ4v) is 7.86. The number of para-hydroxylation sites is 1. The molecule has 1 aliphatic carbocycles. The molecular weight excluding hydrogens is 631 g/mol. The number of fused-ring (bicyclic) bond motifs is 5. The smallest absolute Gasteiger partial charge is 0.139 e. The van der Waals surface area contributed by atoms with Crippen LogP contribution in [-0.4, -0.2) is 9.55 Å². The van der Waals surface area contributed by atoms with E-state index in [0.717, 1.165) is 39.8 Å². The molecule has 52 heavy (non-hydrogen) atoms. The number of hydrogen-bond acceptors (Lipinski definition) is 2. The summed E-state index contributed by atoms with van der Waals surface area (Å²) in [5.74, 6) is 1.90. The molecule has 0 aliphatic heterocycles. The third kappa shape index (κ3) is 4.86. The van der Waals surface area contributed by atoms with Crippen LogP contribution in [0.4, 0.5) is 17.2 Å². The number of nitrogens with zero attached hydrogens (tertiary/aromatic N) is 3. The minimum Gasteiger partial charge on any atom is -0.296 e. The van der Waals surface area contributed by atoms with E-state index in [9.17, 15) is 0 Å². The summed E-state index contributed by atoms with van der Waals surface area (Å²) >= 11 is 0. The highest BCUT2D eigenvalue weighted by molar-refractivity contribution is 6.18. The quantitative estimate of drug-likeness (QED) is 0.177. The van der Waals surface area contributed by atoms with Gasteiger partial charge in [-0.2, -0.15) is 0 Å². The number of benzene rings is 7. The zero-order valence-electron chi connectivity index (χ0n) is 28.4. The van der Waals surface area contributed by atoms with E-state index in [0.29, 0.717) is 0 Å². The van der Waals surface area contributed by atoms with Gasteiger partial charge in [-0.05, 0) is 81.4 Å². The lowest BCUT2D eigenvalue weighted by molar-refractivity contribution is 1.02. The Labute approximate surface area is 303 Å². The van der Waals surface area contributed by atoms with Crippen LogP contribution >= 0.6 is 0 Å². The maximum atomic E-state index is 5.41. The molecule has 0 saturated carbocycles. The summed E-state index contributed by atoms with van der Waals surface area (Å²) < 4.78 is 2.38. The third-order valence-electron chi connectivity index (χ3n) is 10.2. The molecule has 10 rings (SSSR count). The average molecular weight is 664 g/mol. The second kappa shape index (κ2) is 12.4. The molecule has 0 spiro atoms. The van der Waals surface area contributed by atoms with Gasteiger partial charge in [0.25, 0.3) is 0 Å². The fourth-order valence-electron chi connectivity index (χ4n) is 7.86. The molecule has 0 radical (unpaired) electrons. The lowest BCUT2D eigenvalue weighted by Gasteiger charge is -2.29. The number of rotatable bonds is 6. The lowest BCUT2D eigenvalue weighted by Crippen LogP contribution is -2.15. The first-order valence-corrected chi connectivity index (χ1v) is 17.7. The molecule has 2 heterocycles. The summed E-state index contributed by atoms with van der Waals surface area (Å²) in [6, 6.07) is 71.5. The monoisotopic (exact) mass is 663 g/mol. The first kappa shape index (κ1) is 29.9. The van der Waals surface area contributed by atoms with Crippen LogP contribution in [0.25, 0.3) is 72.5 Å². The van der Waals surface area contributed by atoms with Crippen molar-refractivity contribution in [3.8, 4) is 61.6 Å². The van der Waals surface area contributed by atoms with Crippen molar-refractivity contribution >= 4 is 28.1 Å². The minimum atomic E-state index is 0.859. The molecule has 0 amide bonds. The number of pyridine rings is 1. The maximum absolute atomic E-state index is 5.41. The summed E-state index contributed by atoms with van der Waals surface area (Å²) in [6.45, 7) is 0. The van der Waals surface area contributed by atoms with Gasteiger partial charge in [0.15, 0.2) is 0 Å². The first-order valence-electron chi connectivity index (χ1n) is 17.7. The lowest BCUT2D eigenvalue weighted by atomic mass is 9.94. The van der Waals surface area contributed by atoms with Crippen molar-refractivity contribution in [3.05, 3.63) is 200 Å². The number of hydrogen-bond donors (Lipinski definition) is 0. The van der Waals surface area contributed by atoms with Gasteiger partial charge in [-0.25, -0.2) is 4.98 Å². The molecule has 3 nitrogen and oxygen atoms in total. The van der Waals surface area contributed by atoms with Crippen molar-refractivity contribution in [3.63, 3.8) is 0 Å². The molecule has 0 fully saturated rings. The minimum absolute atomic E-state index is 0.859. The summed E-state index contributed by atoms with van der Waals surface area (Å²) in [7, 11) is 0. The van der Waals surface area contributed by atoms with Gasteiger partial charge in [-0.15, -0.1) is 0 Å². The first-order chi connectivity index (χ1) is 25.8. The molecule has 244 valence electrons. The van der Waals surface area contributed by atoms with E-state index in [2.05, 4.69) is 204 Å². The van der Waals surface area contributed by atoms with Crippen molar-refractivity contribution in [1.82, 2.24) is 9.55 Å². The molecule has 1 aliphatic rings. The molecule has 0 saturated heterocycles. The third-order valence-corrected chi connectivity index (χ3v) is 10.2. The highest BCUT2D eigenvalue weighted by Gasteiger charge is 2.32. The van der Waals surface area contributed by atoms with Crippen LogP contribution in [0.1, 0.15) is 0 Å². The highest BCUT2D eigenvalue weighted by Crippen LogP contribution is 2.55. The topological polar surface area (TPSA) is 21.1 Å². The summed E-state index contributed by atoms with van der Waals surface area (Å²) in [6.07, 6.45) is 0. The predicted molar refractivity (Wildman–Crippen MR) is 216 cm³/mol. The van der Waals surface area contributed by atoms with E-state index in [-0.39, 0.29) is 0 Å². The van der Waals surface area contributed by atoms with E-state index < -0.39 is 0 Å². The molecule has 3 heteroatoms. The number of anilines is 3. The van der Waals surface area contributed by atoms with E-state index in [1.807, 2.05) is 6.07 Å². The Morgan fingerprint density at radius 3 is 1.56 bits per heavy atom. The van der Waals surface area contributed by atoms with Crippen LogP contribution in [0.5, 0.6) is 0 Å². The van der Waals surface area contributed by atoms with Crippen LogP contribution in [0, 0.1) is 0 Å². The van der Waals surface area contributed by atoms with Gasteiger partial charge in [-0.3, -0.25) is 9.47 Å². The van der Waals surface area contributed by atoms with Crippen molar-refractivity contribution in [2.75, 3.05) is 4.90 Å². The van der Waals surface area contributed by atoms with Crippen molar-refractivity contribution < 1.29 is 0 Å². The van der Waals surface area contributed by atoms with Gasteiger partial charge in [0.2, 0.25) is 0 Å². The summed E-state index contributed by atoms with van der Waals surface area (Å²) in [5.41, 5.74) is 14.9. The average Bonchev–Trinajstić information content (AvgIpc) is 3.50. The molecular formula is C49H33N3. The fraction of sp³-hybridized carbons (Fsp3) is 0. The largest absolute Gasteiger partial charge is 0.296 e. The second-order valence-electron chi connectivity index (χ2n) is 13.2. The Bertz CT molecular complexity index is 2710. The molecule has 0 bridgehead atoms. The Hall–Kier alpha value is -6.97. The van der Waals surface area contributed by atoms with E-state index in [4.69, 9.17) is 4.98 Å². The van der Waals surface area contributed by atoms with E-state index in [1.165, 1.54) is 49.9 Å². The normalized spacial score (nSPS) is 11.5. The summed E-state index contributed by atoms with van der Waals surface area (Å²) in [5, 5.41) is 1.21. The van der Waals surface area contributed by atoms with Crippen LogP contribution in [0.15, 0.2) is 200 Å². The van der Waals surface area contributed by atoms with Crippen molar-refractivity contribution in [2.24, 2.45) is 0 Å². The molecule has 0 atom stereocenters. The molecule has 7 aromatic carbocycles. The Morgan fingerprint density at radius 1 is 0.365 bits per heavy atom. The van der Waals surface area contributed by atoms with Gasteiger partial charge in [0.05, 0.1) is 11.2 Å². The SMILES string of the molecule is c1ccc(-c2ccc(N(c3ccccc3)c3c4c5c(cccc5n3-c3cccc(-c5ccccc5)n3)-c3ccccc3-c3ccccc3-4)cc2)cc1. The maximum Gasteiger partial charge on any atom is 0.139 e. The Morgan fingerprint density at radius 2 is 0.865 bits per heavy atom. The van der Waals surface area contributed by atoms with E-state index in [1.54, 1.807) is 0 Å². The van der Waals surface area contributed by atoms with E-state index >= 15 is 0 Å². The zero-order chi connectivity index (χ0) is 34.4. The highest BCUT2D eigenvalue weighted by atomic mass is 15.3. The van der Waals surface area contributed by atoms with Gasteiger partial charge >= 0.3 is 0 Å². The van der Waals surface area contributed by atoms with Crippen LogP contribution in [0.2, 0.25) is 0 Å². The van der Waals surface area contributed by atoms with Crippen LogP contribution in [0.3, 0.4) is 0 Å². The predicted octanol–water partition coefficient (Wildman–Crippen LogP) is 13.1. The van der Waals surface area contributed by atoms with Gasteiger partial charge in [-0.1, -0.05) is 158 Å². The molecule has 2 aromatic heterocycles.